The van der Waals surface area contributed by atoms with Crippen LogP contribution in [0.25, 0.3) is 6.08 Å². The first-order valence-corrected chi connectivity index (χ1v) is 3.32. The van der Waals surface area contributed by atoms with Crippen molar-refractivity contribution in [3.63, 3.8) is 0 Å². The van der Waals surface area contributed by atoms with Gasteiger partial charge < -0.3 is 10.8 Å². The fourth-order valence-corrected chi connectivity index (χ4v) is 0.718. The minimum absolute atomic E-state index is 0.377. The van der Waals surface area contributed by atoms with Crippen LogP contribution in [-0.4, -0.2) is 16.1 Å². The van der Waals surface area contributed by atoms with Gasteiger partial charge in [0, 0.05) is 6.08 Å². The SMILES string of the molecule is Nc1cccc(/C=C/C(=O)O)n1. The smallest absolute Gasteiger partial charge is 0.328 e. The van der Waals surface area contributed by atoms with Crippen molar-refractivity contribution >= 4 is 17.9 Å². The Morgan fingerprint density at radius 1 is 1.58 bits per heavy atom. The minimum atomic E-state index is -1.00. The molecule has 0 spiro atoms. The summed E-state index contributed by atoms with van der Waals surface area (Å²) in [5, 5.41) is 8.30. The van der Waals surface area contributed by atoms with Crippen LogP contribution in [0, 0.1) is 0 Å². The number of nitrogen functional groups attached to an aromatic ring is 1. The van der Waals surface area contributed by atoms with Crippen LogP contribution in [0.3, 0.4) is 0 Å². The number of hydrogen-bond donors (Lipinski definition) is 2. The minimum Gasteiger partial charge on any atom is -0.478 e. The highest BCUT2D eigenvalue weighted by Crippen LogP contribution is 2.01. The third-order valence-electron chi connectivity index (χ3n) is 1.19. The van der Waals surface area contributed by atoms with Crippen LogP contribution in [0.4, 0.5) is 5.82 Å². The Kier molecular flexibility index (Phi) is 2.42. The fourth-order valence-electron chi connectivity index (χ4n) is 0.718. The van der Waals surface area contributed by atoms with Crippen LogP contribution in [-0.2, 0) is 4.79 Å². The zero-order valence-electron chi connectivity index (χ0n) is 6.27. The second kappa shape index (κ2) is 3.52. The predicted molar refractivity (Wildman–Crippen MR) is 45.3 cm³/mol. The van der Waals surface area contributed by atoms with Gasteiger partial charge in [-0.1, -0.05) is 6.07 Å². The summed E-state index contributed by atoms with van der Waals surface area (Å²) in [4.78, 5) is 14.0. The van der Waals surface area contributed by atoms with Gasteiger partial charge in [-0.2, -0.15) is 0 Å². The lowest BCUT2D eigenvalue weighted by atomic mass is 10.3. The average molecular weight is 164 g/mol. The van der Waals surface area contributed by atoms with E-state index in [0.29, 0.717) is 11.5 Å². The highest BCUT2D eigenvalue weighted by molar-refractivity contribution is 5.84. The number of hydrogen-bond acceptors (Lipinski definition) is 3. The zero-order chi connectivity index (χ0) is 8.97. The largest absolute Gasteiger partial charge is 0.478 e. The van der Waals surface area contributed by atoms with Gasteiger partial charge in [-0.15, -0.1) is 0 Å². The topological polar surface area (TPSA) is 76.2 Å². The molecule has 0 fully saturated rings. The maximum absolute atomic E-state index is 10.1. The normalized spacial score (nSPS) is 10.3. The van der Waals surface area contributed by atoms with Crippen LogP contribution in [0.1, 0.15) is 5.69 Å². The molecule has 0 aliphatic rings. The third kappa shape index (κ3) is 2.42. The van der Waals surface area contributed by atoms with Crippen LogP contribution < -0.4 is 5.73 Å². The van der Waals surface area contributed by atoms with Gasteiger partial charge >= 0.3 is 5.97 Å². The van der Waals surface area contributed by atoms with E-state index < -0.39 is 5.97 Å². The third-order valence-corrected chi connectivity index (χ3v) is 1.19. The van der Waals surface area contributed by atoms with Gasteiger partial charge in [0.15, 0.2) is 0 Å². The maximum Gasteiger partial charge on any atom is 0.328 e. The van der Waals surface area contributed by atoms with Crippen LogP contribution >= 0.6 is 0 Å². The number of carbonyl (C=O) groups is 1. The molecular weight excluding hydrogens is 156 g/mol. The number of carboxylic acid groups (broad SMARTS) is 1. The Morgan fingerprint density at radius 3 is 2.92 bits per heavy atom. The quantitative estimate of drug-likeness (QED) is 0.633. The van der Waals surface area contributed by atoms with E-state index in [1.54, 1.807) is 18.2 Å². The van der Waals surface area contributed by atoms with Crippen molar-refractivity contribution in [2.45, 2.75) is 0 Å². The zero-order valence-corrected chi connectivity index (χ0v) is 6.27. The lowest BCUT2D eigenvalue weighted by Crippen LogP contribution is -1.91. The fraction of sp³-hybridized carbons (Fsp3) is 0. The van der Waals surface area contributed by atoms with Crippen LogP contribution in [0.2, 0.25) is 0 Å². The van der Waals surface area contributed by atoms with Gasteiger partial charge in [0.2, 0.25) is 0 Å². The number of nitrogens with zero attached hydrogens (tertiary/aromatic N) is 1. The molecular formula is C8H8N2O2. The average Bonchev–Trinajstić information content (AvgIpc) is 2.01. The van der Waals surface area contributed by atoms with E-state index in [1.165, 1.54) is 6.08 Å². The van der Waals surface area contributed by atoms with E-state index in [4.69, 9.17) is 10.8 Å². The maximum atomic E-state index is 10.1. The van der Waals surface area contributed by atoms with Gasteiger partial charge in [-0.05, 0) is 18.2 Å². The summed E-state index contributed by atoms with van der Waals surface area (Å²) in [6, 6.07) is 5.03. The number of rotatable bonds is 2. The van der Waals surface area contributed by atoms with Crippen molar-refractivity contribution in [2.75, 3.05) is 5.73 Å². The van der Waals surface area contributed by atoms with Crippen LogP contribution in [0.15, 0.2) is 24.3 Å². The summed E-state index contributed by atoms with van der Waals surface area (Å²) in [5.41, 5.74) is 5.91. The second-order valence-electron chi connectivity index (χ2n) is 2.16. The predicted octanol–water partition coefficient (Wildman–Crippen LogP) is 0.762. The molecule has 12 heavy (non-hydrogen) atoms. The van der Waals surface area contributed by atoms with Crippen molar-refractivity contribution in [3.8, 4) is 0 Å². The first-order valence-electron chi connectivity index (χ1n) is 3.32. The Bertz CT molecular complexity index is 321. The molecule has 4 nitrogen and oxygen atoms in total. The van der Waals surface area contributed by atoms with Crippen molar-refractivity contribution in [1.82, 2.24) is 4.98 Å². The lowest BCUT2D eigenvalue weighted by molar-refractivity contribution is -0.131. The first-order chi connectivity index (χ1) is 5.68. The molecule has 1 aromatic rings. The number of pyridine rings is 1. The molecule has 1 rings (SSSR count). The highest BCUT2D eigenvalue weighted by Gasteiger charge is 1.90. The number of anilines is 1. The molecule has 0 aromatic carbocycles. The van der Waals surface area contributed by atoms with Gasteiger partial charge in [-0.3, -0.25) is 0 Å². The van der Waals surface area contributed by atoms with Crippen molar-refractivity contribution in [3.05, 3.63) is 30.0 Å². The summed E-state index contributed by atoms with van der Waals surface area (Å²) in [7, 11) is 0. The summed E-state index contributed by atoms with van der Waals surface area (Å²) in [6.07, 6.45) is 2.40. The number of nitrogens with two attached hydrogens (primary N) is 1. The molecule has 0 aliphatic heterocycles. The summed E-state index contributed by atoms with van der Waals surface area (Å²) in [6.45, 7) is 0. The molecule has 3 N–H and O–H groups in total. The molecule has 0 saturated carbocycles. The Hall–Kier alpha value is -1.84. The summed E-state index contributed by atoms with van der Waals surface area (Å²) < 4.78 is 0. The van der Waals surface area contributed by atoms with Crippen molar-refractivity contribution < 1.29 is 9.90 Å². The van der Waals surface area contributed by atoms with E-state index in [-0.39, 0.29) is 0 Å². The summed E-state index contributed by atoms with van der Waals surface area (Å²) >= 11 is 0. The first kappa shape index (κ1) is 8.26. The molecule has 0 aliphatic carbocycles. The molecule has 1 aromatic heterocycles. The van der Waals surface area contributed by atoms with E-state index >= 15 is 0 Å². The van der Waals surface area contributed by atoms with Crippen LogP contribution in [0.5, 0.6) is 0 Å². The van der Waals surface area contributed by atoms with Gasteiger partial charge in [-0.25, -0.2) is 9.78 Å². The molecule has 0 saturated heterocycles. The van der Waals surface area contributed by atoms with Gasteiger partial charge in [0.05, 0.1) is 5.69 Å². The Labute approximate surface area is 69.4 Å². The molecule has 4 heteroatoms. The lowest BCUT2D eigenvalue weighted by Gasteiger charge is -1.92. The van der Waals surface area contributed by atoms with Crippen molar-refractivity contribution in [2.24, 2.45) is 0 Å². The molecule has 0 radical (unpaired) electrons. The molecule has 0 unspecified atom stereocenters. The highest BCUT2D eigenvalue weighted by atomic mass is 16.4. The van der Waals surface area contributed by atoms with E-state index in [2.05, 4.69) is 4.98 Å². The molecule has 0 bridgehead atoms. The Morgan fingerprint density at radius 2 is 2.33 bits per heavy atom. The standard InChI is InChI=1S/C8H8N2O2/c9-7-3-1-2-6(10-7)4-5-8(11)12/h1-5H,(H2,9,10)(H,11,12)/b5-4+. The Balaban J connectivity index is 2.83. The molecule has 1 heterocycles. The molecule has 0 atom stereocenters. The van der Waals surface area contributed by atoms with E-state index in [1.807, 2.05) is 0 Å². The van der Waals surface area contributed by atoms with E-state index in [9.17, 15) is 4.79 Å². The monoisotopic (exact) mass is 164 g/mol. The van der Waals surface area contributed by atoms with Gasteiger partial charge in [0.1, 0.15) is 5.82 Å². The second-order valence-corrected chi connectivity index (χ2v) is 2.16. The van der Waals surface area contributed by atoms with E-state index in [0.717, 1.165) is 6.08 Å². The molecule has 0 amide bonds. The number of carboxylic acids is 1. The number of aliphatic carboxylic acids is 1. The number of aromatic nitrogens is 1. The van der Waals surface area contributed by atoms with Crippen molar-refractivity contribution in [1.29, 1.82) is 0 Å². The molecule has 62 valence electrons. The van der Waals surface area contributed by atoms with Gasteiger partial charge in [0.25, 0.3) is 0 Å². The summed E-state index contributed by atoms with van der Waals surface area (Å²) in [5.74, 6) is -0.623.